The van der Waals surface area contributed by atoms with Gasteiger partial charge in [0.1, 0.15) is 6.10 Å². The molecule has 2 rings (SSSR count). The third kappa shape index (κ3) is 5.73. The van der Waals surface area contributed by atoms with Crippen molar-refractivity contribution in [2.45, 2.75) is 6.10 Å². The lowest BCUT2D eigenvalue weighted by atomic mass is 10.1. The highest BCUT2D eigenvalue weighted by Crippen LogP contribution is 2.16. The summed E-state index contributed by atoms with van der Waals surface area (Å²) in [6.45, 7) is 0.478. The molecule has 3 N–H and O–H groups in total. The van der Waals surface area contributed by atoms with E-state index in [9.17, 15) is 0 Å². The molecule has 0 bridgehead atoms. The second kappa shape index (κ2) is 9.36. The highest BCUT2D eigenvalue weighted by atomic mass is 127. The number of guanidine groups is 1. The molecule has 112 valence electrons. The van der Waals surface area contributed by atoms with Gasteiger partial charge in [0.25, 0.3) is 0 Å². The molecule has 0 aliphatic rings. The number of benzene rings is 2. The van der Waals surface area contributed by atoms with Crippen LogP contribution in [0.1, 0.15) is 11.7 Å². The van der Waals surface area contributed by atoms with Gasteiger partial charge >= 0.3 is 0 Å². The van der Waals surface area contributed by atoms with Gasteiger partial charge in [0, 0.05) is 12.8 Å². The van der Waals surface area contributed by atoms with Gasteiger partial charge in [-0.15, -0.1) is 24.0 Å². The van der Waals surface area contributed by atoms with Crippen LogP contribution in [0.5, 0.6) is 0 Å². The number of anilines is 1. The summed E-state index contributed by atoms with van der Waals surface area (Å²) in [7, 11) is 1.67. The van der Waals surface area contributed by atoms with Gasteiger partial charge in [-0.1, -0.05) is 48.5 Å². The molecule has 5 heteroatoms. The maximum Gasteiger partial charge on any atom is 0.193 e. The lowest BCUT2D eigenvalue weighted by Crippen LogP contribution is -2.23. The second-order valence-electron chi connectivity index (χ2n) is 4.35. The van der Waals surface area contributed by atoms with Crippen molar-refractivity contribution in [1.29, 1.82) is 0 Å². The van der Waals surface area contributed by atoms with Crippen LogP contribution in [0.3, 0.4) is 0 Å². The van der Waals surface area contributed by atoms with E-state index in [1.54, 1.807) is 7.11 Å². The first kappa shape index (κ1) is 17.5. The quantitative estimate of drug-likeness (QED) is 0.462. The number of rotatable bonds is 5. The van der Waals surface area contributed by atoms with E-state index >= 15 is 0 Å². The minimum Gasteiger partial charge on any atom is -0.375 e. The molecule has 21 heavy (non-hydrogen) atoms. The van der Waals surface area contributed by atoms with Crippen molar-refractivity contribution in [2.75, 3.05) is 19.0 Å². The molecule has 0 aliphatic carbocycles. The van der Waals surface area contributed by atoms with Crippen molar-refractivity contribution in [3.63, 3.8) is 0 Å². The smallest absolute Gasteiger partial charge is 0.193 e. The molecule has 0 aromatic heterocycles. The molecule has 2 aromatic rings. The molecule has 0 aliphatic heterocycles. The predicted octanol–water partition coefficient (Wildman–Crippen LogP) is 3.42. The second-order valence-corrected chi connectivity index (χ2v) is 4.35. The first-order valence-electron chi connectivity index (χ1n) is 6.49. The molecule has 0 amide bonds. The maximum atomic E-state index is 5.87. The molecule has 1 unspecified atom stereocenters. The Kier molecular flexibility index (Phi) is 7.78. The fourth-order valence-electron chi connectivity index (χ4n) is 1.87. The van der Waals surface area contributed by atoms with Crippen molar-refractivity contribution >= 4 is 35.6 Å². The number of methoxy groups -OCH3 is 1. The monoisotopic (exact) mass is 397 g/mol. The van der Waals surface area contributed by atoms with E-state index in [-0.39, 0.29) is 30.1 Å². The number of aliphatic imine (C=N–C) groups is 1. The van der Waals surface area contributed by atoms with Crippen LogP contribution in [0.4, 0.5) is 5.69 Å². The standard InChI is InChI=1S/C16H19N3O.HI/c1-20-15(13-8-4-2-5-9-13)12-18-16(17)19-14-10-6-3-7-11-14;/h2-11,15H,12H2,1H3,(H3,17,18,19);1H. The van der Waals surface area contributed by atoms with Crippen molar-refractivity contribution in [2.24, 2.45) is 10.7 Å². The number of hydrogen-bond donors (Lipinski definition) is 2. The van der Waals surface area contributed by atoms with Crippen LogP contribution in [0, 0.1) is 0 Å². The van der Waals surface area contributed by atoms with Gasteiger partial charge in [-0.25, -0.2) is 0 Å². The fourth-order valence-corrected chi connectivity index (χ4v) is 1.87. The van der Waals surface area contributed by atoms with E-state index in [1.165, 1.54) is 0 Å². The van der Waals surface area contributed by atoms with Crippen molar-refractivity contribution in [3.05, 3.63) is 66.2 Å². The van der Waals surface area contributed by atoms with Crippen molar-refractivity contribution in [3.8, 4) is 0 Å². The number of nitrogens with zero attached hydrogens (tertiary/aromatic N) is 1. The molecule has 4 nitrogen and oxygen atoms in total. The number of nitrogens with one attached hydrogen (secondary N) is 1. The molecular weight excluding hydrogens is 377 g/mol. The zero-order valence-corrected chi connectivity index (χ0v) is 14.2. The summed E-state index contributed by atoms with van der Waals surface area (Å²) in [5, 5.41) is 3.05. The van der Waals surface area contributed by atoms with Gasteiger partial charge in [0.15, 0.2) is 5.96 Å². The molecule has 1 atom stereocenters. The van der Waals surface area contributed by atoms with E-state index in [0.717, 1.165) is 11.3 Å². The van der Waals surface area contributed by atoms with Crippen LogP contribution < -0.4 is 11.1 Å². The van der Waals surface area contributed by atoms with E-state index in [0.29, 0.717) is 12.5 Å². The molecule has 0 spiro atoms. The lowest BCUT2D eigenvalue weighted by Gasteiger charge is -2.14. The zero-order chi connectivity index (χ0) is 14.2. The van der Waals surface area contributed by atoms with Gasteiger partial charge in [-0.05, 0) is 17.7 Å². The number of nitrogens with two attached hydrogens (primary N) is 1. The zero-order valence-electron chi connectivity index (χ0n) is 11.9. The normalized spacial score (nSPS) is 12.3. The van der Waals surface area contributed by atoms with Crippen LogP contribution in [0.25, 0.3) is 0 Å². The topological polar surface area (TPSA) is 59.6 Å². The first-order chi connectivity index (χ1) is 9.79. The molecular formula is C16H20IN3O. The van der Waals surface area contributed by atoms with Crippen LogP contribution in [-0.4, -0.2) is 19.6 Å². The van der Waals surface area contributed by atoms with Crippen LogP contribution in [0.15, 0.2) is 65.7 Å². The van der Waals surface area contributed by atoms with E-state index in [4.69, 9.17) is 10.5 Å². The molecule has 0 saturated heterocycles. The van der Waals surface area contributed by atoms with Crippen molar-refractivity contribution in [1.82, 2.24) is 0 Å². The number of halogens is 1. The predicted molar refractivity (Wildman–Crippen MR) is 98.2 cm³/mol. The number of ether oxygens (including phenoxy) is 1. The highest BCUT2D eigenvalue weighted by molar-refractivity contribution is 14.0. The minimum absolute atomic E-state index is 0. The summed E-state index contributed by atoms with van der Waals surface area (Å²) >= 11 is 0. The third-order valence-corrected chi connectivity index (χ3v) is 2.93. The summed E-state index contributed by atoms with van der Waals surface area (Å²) in [6.07, 6.45) is -0.0904. The van der Waals surface area contributed by atoms with Gasteiger partial charge in [-0.3, -0.25) is 4.99 Å². The molecule has 0 radical (unpaired) electrons. The average Bonchev–Trinajstić information content (AvgIpc) is 2.50. The largest absolute Gasteiger partial charge is 0.375 e. The number of hydrogen-bond acceptors (Lipinski definition) is 2. The molecule has 0 saturated carbocycles. The number of para-hydroxylation sites is 1. The van der Waals surface area contributed by atoms with E-state index in [2.05, 4.69) is 10.3 Å². The third-order valence-electron chi connectivity index (χ3n) is 2.93. The molecule has 2 aromatic carbocycles. The lowest BCUT2D eigenvalue weighted by molar-refractivity contribution is 0.111. The van der Waals surface area contributed by atoms with E-state index < -0.39 is 0 Å². The summed E-state index contributed by atoms with van der Waals surface area (Å²) in [5.74, 6) is 0.384. The van der Waals surface area contributed by atoms with Gasteiger partial charge in [0.2, 0.25) is 0 Å². The Labute approximate surface area is 142 Å². The van der Waals surface area contributed by atoms with Crippen molar-refractivity contribution < 1.29 is 4.74 Å². The Bertz CT molecular complexity index is 546. The van der Waals surface area contributed by atoms with Crippen LogP contribution in [-0.2, 0) is 4.74 Å². The highest BCUT2D eigenvalue weighted by Gasteiger charge is 2.09. The summed E-state index contributed by atoms with van der Waals surface area (Å²) in [5.41, 5.74) is 7.88. The Morgan fingerprint density at radius 3 is 2.24 bits per heavy atom. The summed E-state index contributed by atoms with van der Waals surface area (Å²) in [4.78, 5) is 4.33. The minimum atomic E-state index is -0.0904. The molecule has 0 fully saturated rings. The van der Waals surface area contributed by atoms with Crippen LogP contribution in [0.2, 0.25) is 0 Å². The SMILES string of the molecule is COC(CN=C(N)Nc1ccccc1)c1ccccc1.I. The van der Waals surface area contributed by atoms with Gasteiger partial charge < -0.3 is 15.8 Å². The van der Waals surface area contributed by atoms with Crippen LogP contribution >= 0.6 is 24.0 Å². The Morgan fingerprint density at radius 2 is 1.67 bits per heavy atom. The average molecular weight is 397 g/mol. The summed E-state index contributed by atoms with van der Waals surface area (Å²) in [6, 6.07) is 19.7. The summed E-state index contributed by atoms with van der Waals surface area (Å²) < 4.78 is 5.45. The van der Waals surface area contributed by atoms with Gasteiger partial charge in [0.05, 0.1) is 6.54 Å². The Hall–Kier alpha value is -1.60. The fraction of sp³-hybridized carbons (Fsp3) is 0.188. The Balaban J connectivity index is 0.00000220. The van der Waals surface area contributed by atoms with Gasteiger partial charge in [-0.2, -0.15) is 0 Å². The Morgan fingerprint density at radius 1 is 1.10 bits per heavy atom. The maximum absolute atomic E-state index is 5.87. The van der Waals surface area contributed by atoms with E-state index in [1.807, 2.05) is 60.7 Å². The molecule has 0 heterocycles. The first-order valence-corrected chi connectivity index (χ1v) is 6.49.